The Hall–Kier alpha value is -2.15. The van der Waals surface area contributed by atoms with Crippen LogP contribution in [0.5, 0.6) is 0 Å². The van der Waals surface area contributed by atoms with Crippen molar-refractivity contribution in [3.63, 3.8) is 0 Å². The lowest BCUT2D eigenvalue weighted by molar-refractivity contribution is -0.385. The van der Waals surface area contributed by atoms with Gasteiger partial charge in [-0.1, -0.05) is 22.8 Å². The van der Waals surface area contributed by atoms with Gasteiger partial charge in [0, 0.05) is 23.1 Å². The number of carboxylic acid groups (broad SMARTS) is 1. The Balaban J connectivity index is 3.14. The molecule has 90 valence electrons. The van der Waals surface area contributed by atoms with Crippen molar-refractivity contribution >= 4 is 29.0 Å². The first-order valence-electron chi connectivity index (χ1n) is 4.32. The highest BCUT2D eigenvalue weighted by Crippen LogP contribution is 2.23. The van der Waals surface area contributed by atoms with Gasteiger partial charge in [0.2, 0.25) is 0 Å². The maximum absolute atomic E-state index is 10.7. The van der Waals surface area contributed by atoms with Gasteiger partial charge in [-0.2, -0.15) is 0 Å². The van der Waals surface area contributed by atoms with Crippen LogP contribution in [0.4, 0.5) is 5.69 Å². The molecule has 0 saturated heterocycles. The highest BCUT2D eigenvalue weighted by molar-refractivity contribution is 6.36. The minimum atomic E-state index is -1.45. The molecule has 0 spiro atoms. The zero-order chi connectivity index (χ0) is 13.0. The third-order valence-electron chi connectivity index (χ3n) is 1.97. The third-order valence-corrected chi connectivity index (χ3v) is 2.20. The van der Waals surface area contributed by atoms with Crippen LogP contribution in [0.25, 0.3) is 0 Å². The van der Waals surface area contributed by atoms with Crippen LogP contribution in [-0.2, 0) is 11.2 Å². The number of hydrogen-bond acceptors (Lipinski definition) is 5. The molecule has 7 nitrogen and oxygen atoms in total. The lowest BCUT2D eigenvalue weighted by atomic mass is 10.1. The number of hydrogen-bond donors (Lipinski definition) is 2. The van der Waals surface area contributed by atoms with E-state index in [1.807, 2.05) is 0 Å². The van der Waals surface area contributed by atoms with Crippen LogP contribution in [0.2, 0.25) is 5.02 Å². The molecule has 17 heavy (non-hydrogen) atoms. The van der Waals surface area contributed by atoms with Crippen molar-refractivity contribution in [2.45, 2.75) is 6.42 Å². The van der Waals surface area contributed by atoms with Crippen LogP contribution in [-0.4, -0.2) is 26.9 Å². The summed E-state index contributed by atoms with van der Waals surface area (Å²) in [7, 11) is 0. The highest BCUT2D eigenvalue weighted by atomic mass is 35.5. The van der Waals surface area contributed by atoms with Gasteiger partial charge in [0.05, 0.1) is 4.92 Å². The predicted molar refractivity (Wildman–Crippen MR) is 58.7 cm³/mol. The predicted octanol–water partition coefficient (Wildman–Crippen LogP) is 1.71. The summed E-state index contributed by atoms with van der Waals surface area (Å²) in [6, 6.07) is 3.81. The Kier molecular flexibility index (Phi) is 4.00. The average molecular weight is 259 g/mol. The second kappa shape index (κ2) is 5.26. The first-order valence-corrected chi connectivity index (χ1v) is 4.70. The summed E-state index contributed by atoms with van der Waals surface area (Å²) in [5.41, 5.74) is -0.801. The largest absolute Gasteiger partial charge is 0.477 e. The van der Waals surface area contributed by atoms with E-state index in [1.165, 1.54) is 12.1 Å². The van der Waals surface area contributed by atoms with E-state index in [9.17, 15) is 14.9 Å². The minimum Gasteiger partial charge on any atom is -0.477 e. The second-order valence-corrected chi connectivity index (χ2v) is 3.50. The van der Waals surface area contributed by atoms with Crippen molar-refractivity contribution in [1.29, 1.82) is 0 Å². The third kappa shape index (κ3) is 3.15. The van der Waals surface area contributed by atoms with Gasteiger partial charge in [-0.05, 0) is 6.07 Å². The zero-order valence-corrected chi connectivity index (χ0v) is 9.09. The first-order chi connectivity index (χ1) is 7.95. The van der Waals surface area contributed by atoms with Crippen LogP contribution >= 0.6 is 11.6 Å². The van der Waals surface area contributed by atoms with E-state index in [4.69, 9.17) is 21.9 Å². The van der Waals surface area contributed by atoms with Crippen molar-refractivity contribution in [2.24, 2.45) is 5.16 Å². The highest BCUT2D eigenvalue weighted by Gasteiger charge is 2.19. The Morgan fingerprint density at radius 3 is 2.65 bits per heavy atom. The van der Waals surface area contributed by atoms with Crippen molar-refractivity contribution < 1.29 is 20.0 Å². The Morgan fingerprint density at radius 1 is 1.53 bits per heavy atom. The average Bonchev–Trinajstić information content (AvgIpc) is 2.26. The molecule has 1 rings (SSSR count). The van der Waals surface area contributed by atoms with Crippen LogP contribution in [0.15, 0.2) is 23.4 Å². The van der Waals surface area contributed by atoms with Gasteiger partial charge in [-0.15, -0.1) is 0 Å². The molecule has 1 aromatic carbocycles. The number of benzene rings is 1. The molecule has 2 N–H and O–H groups in total. The minimum absolute atomic E-state index is 0.106. The Bertz CT molecular complexity index is 500. The number of carboxylic acids is 1. The molecule has 0 unspecified atom stereocenters. The Morgan fingerprint density at radius 2 is 2.18 bits per heavy atom. The van der Waals surface area contributed by atoms with E-state index in [-0.39, 0.29) is 22.7 Å². The molecule has 0 aliphatic rings. The summed E-state index contributed by atoms with van der Waals surface area (Å²) in [5, 5.41) is 30.5. The maximum Gasteiger partial charge on any atom is 0.354 e. The molecule has 0 amide bonds. The van der Waals surface area contributed by atoms with E-state index in [2.05, 4.69) is 5.16 Å². The van der Waals surface area contributed by atoms with Gasteiger partial charge in [0.15, 0.2) is 5.71 Å². The van der Waals surface area contributed by atoms with Gasteiger partial charge in [0.1, 0.15) is 0 Å². The number of rotatable bonds is 4. The van der Waals surface area contributed by atoms with Crippen LogP contribution in [0.3, 0.4) is 0 Å². The van der Waals surface area contributed by atoms with Gasteiger partial charge in [0.25, 0.3) is 5.69 Å². The van der Waals surface area contributed by atoms with Crippen LogP contribution in [0, 0.1) is 10.1 Å². The van der Waals surface area contributed by atoms with E-state index in [0.29, 0.717) is 0 Å². The number of oxime groups is 1. The number of nitro benzene ring substituents is 1. The number of nitro groups is 1. The molecule has 0 saturated carbocycles. The summed E-state index contributed by atoms with van der Waals surface area (Å²) in [5.74, 6) is -1.45. The summed E-state index contributed by atoms with van der Waals surface area (Å²) in [6.45, 7) is 0. The molecule has 0 fully saturated rings. The molecule has 0 heterocycles. The van der Waals surface area contributed by atoms with Gasteiger partial charge < -0.3 is 10.3 Å². The van der Waals surface area contributed by atoms with Crippen LogP contribution in [0.1, 0.15) is 5.56 Å². The molecule has 0 bridgehead atoms. The number of carbonyl (C=O) groups is 1. The first kappa shape index (κ1) is 12.9. The van der Waals surface area contributed by atoms with E-state index in [1.54, 1.807) is 0 Å². The quantitative estimate of drug-likeness (QED) is 0.369. The molecule has 0 aliphatic carbocycles. The molecule has 1 aromatic rings. The van der Waals surface area contributed by atoms with Crippen molar-refractivity contribution in [2.75, 3.05) is 0 Å². The SMILES string of the molecule is O=C(O)/C(Cc1ccc(Cl)cc1[N+](=O)[O-])=N\O. The van der Waals surface area contributed by atoms with Crippen molar-refractivity contribution in [3.05, 3.63) is 38.9 Å². The van der Waals surface area contributed by atoms with E-state index >= 15 is 0 Å². The topological polar surface area (TPSA) is 113 Å². The van der Waals surface area contributed by atoms with Gasteiger partial charge in [-0.3, -0.25) is 10.1 Å². The van der Waals surface area contributed by atoms with Gasteiger partial charge >= 0.3 is 5.97 Å². The molecular weight excluding hydrogens is 252 g/mol. The van der Waals surface area contributed by atoms with E-state index < -0.39 is 16.6 Å². The molecule has 0 aromatic heterocycles. The molecule has 0 radical (unpaired) electrons. The van der Waals surface area contributed by atoms with Crippen LogP contribution < -0.4 is 0 Å². The number of halogens is 1. The van der Waals surface area contributed by atoms with Crippen molar-refractivity contribution in [1.82, 2.24) is 0 Å². The maximum atomic E-state index is 10.7. The van der Waals surface area contributed by atoms with Crippen molar-refractivity contribution in [3.8, 4) is 0 Å². The number of nitrogens with zero attached hydrogens (tertiary/aromatic N) is 2. The summed E-state index contributed by atoms with van der Waals surface area (Å²) in [4.78, 5) is 20.6. The van der Waals surface area contributed by atoms with E-state index in [0.717, 1.165) is 6.07 Å². The number of aliphatic carboxylic acids is 1. The lowest BCUT2D eigenvalue weighted by Crippen LogP contribution is -2.16. The fourth-order valence-electron chi connectivity index (χ4n) is 1.19. The second-order valence-electron chi connectivity index (χ2n) is 3.06. The standard InChI is InChI=1S/C9H7ClN2O5/c10-6-2-1-5(8(4-6)12(16)17)3-7(11-15)9(13)14/h1-2,4,15H,3H2,(H,13,14)/b11-7-. The molecule has 0 aliphatic heterocycles. The zero-order valence-electron chi connectivity index (χ0n) is 8.33. The molecular formula is C9H7ClN2O5. The fourth-order valence-corrected chi connectivity index (χ4v) is 1.36. The monoisotopic (exact) mass is 258 g/mol. The summed E-state index contributed by atoms with van der Waals surface area (Å²) < 4.78 is 0. The summed E-state index contributed by atoms with van der Waals surface area (Å²) in [6.07, 6.45) is -0.362. The Labute approximate surface area is 100 Å². The smallest absolute Gasteiger partial charge is 0.354 e. The lowest BCUT2D eigenvalue weighted by Gasteiger charge is -2.02. The fraction of sp³-hybridized carbons (Fsp3) is 0.111. The summed E-state index contributed by atoms with van der Waals surface area (Å²) >= 11 is 5.59. The normalized spacial score (nSPS) is 11.2. The molecule has 0 atom stereocenters. The molecule has 8 heteroatoms. The van der Waals surface area contributed by atoms with Gasteiger partial charge in [-0.25, -0.2) is 4.79 Å².